The largest absolute Gasteiger partial charge is 1.00 e. The maximum atomic E-state index is 10.5. The molecule has 0 aliphatic carbocycles. The Morgan fingerprint density at radius 3 is 1.82 bits per heavy atom. The molecule has 0 bridgehead atoms. The van der Waals surface area contributed by atoms with Gasteiger partial charge < -0.3 is 25.0 Å². The van der Waals surface area contributed by atoms with Gasteiger partial charge in [0, 0.05) is 0 Å². The maximum Gasteiger partial charge on any atom is 1.00 e. The van der Waals surface area contributed by atoms with Crippen molar-refractivity contribution < 1.29 is 53.4 Å². The normalized spacial score (nSPS) is 21.1. The number of rotatable bonds is 3. The summed E-state index contributed by atoms with van der Waals surface area (Å²) < 4.78 is 20.5. The molecule has 0 aromatic heterocycles. The molecule has 0 saturated carbocycles. The van der Waals surface area contributed by atoms with Gasteiger partial charge in [0.1, 0.15) is 7.60 Å². The van der Waals surface area contributed by atoms with Crippen LogP contribution in [0.2, 0.25) is 0 Å². The molecule has 9 heteroatoms. The average molecular weight is 211 g/mol. The number of hydrogen-bond donors (Lipinski definition) is 3. The van der Waals surface area contributed by atoms with Crippen molar-refractivity contribution in [2.45, 2.75) is 0 Å². The molecular formula is C2H8NNaO5P2. The molecule has 0 aromatic rings. The maximum absolute atomic E-state index is 10.5. The summed E-state index contributed by atoms with van der Waals surface area (Å²) in [4.78, 5) is 26.7. The van der Waals surface area contributed by atoms with Crippen LogP contribution in [0.4, 0.5) is 0 Å². The Morgan fingerprint density at radius 2 is 1.73 bits per heavy atom. The fourth-order valence-corrected chi connectivity index (χ4v) is 3.03. The number of nitrogens with two attached hydrogens (primary N) is 1. The van der Waals surface area contributed by atoms with Crippen LogP contribution in [0.25, 0.3) is 0 Å². The molecule has 0 radical (unpaired) electrons. The Bertz CT molecular complexity index is 201. The molecule has 6 nitrogen and oxygen atoms in total. The van der Waals surface area contributed by atoms with Crippen molar-refractivity contribution in [1.29, 1.82) is 0 Å². The predicted molar refractivity (Wildman–Crippen MR) is 33.6 cm³/mol. The third kappa shape index (κ3) is 9.21. The molecule has 0 rings (SSSR count). The molecule has 11 heavy (non-hydrogen) atoms. The fraction of sp³-hybridized carbons (Fsp3) is 1.00. The van der Waals surface area contributed by atoms with Crippen LogP contribution in [0.15, 0.2) is 0 Å². The SMILES string of the molecule is NCP(=O)(O)CP(=O)([O-])O.[Na+]. The summed E-state index contributed by atoms with van der Waals surface area (Å²) >= 11 is 0. The molecule has 2 atom stereocenters. The monoisotopic (exact) mass is 211 g/mol. The molecule has 0 aromatic carbocycles. The van der Waals surface area contributed by atoms with Crippen molar-refractivity contribution in [3.05, 3.63) is 0 Å². The van der Waals surface area contributed by atoms with Crippen LogP contribution in [-0.2, 0) is 9.13 Å². The van der Waals surface area contributed by atoms with Gasteiger partial charge in [-0.2, -0.15) is 0 Å². The Balaban J connectivity index is 0. The van der Waals surface area contributed by atoms with Gasteiger partial charge in [-0.3, -0.25) is 4.57 Å². The van der Waals surface area contributed by atoms with Gasteiger partial charge in [0.15, 0.2) is 0 Å². The molecular weight excluding hydrogens is 203 g/mol. The van der Waals surface area contributed by atoms with Crippen molar-refractivity contribution in [2.24, 2.45) is 5.73 Å². The molecule has 0 saturated heterocycles. The van der Waals surface area contributed by atoms with Gasteiger partial charge in [-0.05, 0) is 0 Å². The van der Waals surface area contributed by atoms with Crippen LogP contribution in [0.1, 0.15) is 0 Å². The first-order valence-electron chi connectivity index (χ1n) is 2.30. The van der Waals surface area contributed by atoms with Crippen molar-refractivity contribution in [3.8, 4) is 0 Å². The fourth-order valence-electron chi connectivity index (χ4n) is 0.337. The third-order valence-electron chi connectivity index (χ3n) is 0.685. The van der Waals surface area contributed by atoms with Crippen molar-refractivity contribution in [3.63, 3.8) is 0 Å². The first-order chi connectivity index (χ1) is 4.27. The summed E-state index contributed by atoms with van der Waals surface area (Å²) in [5.74, 6) is -1.14. The van der Waals surface area contributed by atoms with Crippen molar-refractivity contribution >= 4 is 15.0 Å². The molecule has 62 valence electrons. The van der Waals surface area contributed by atoms with Crippen molar-refractivity contribution in [1.82, 2.24) is 0 Å². The molecule has 0 amide bonds. The molecule has 2 unspecified atom stereocenters. The molecule has 0 aliphatic rings. The van der Waals surface area contributed by atoms with Crippen LogP contribution in [-0.4, -0.2) is 22.0 Å². The topological polar surface area (TPSA) is 124 Å². The van der Waals surface area contributed by atoms with Crippen LogP contribution in [0.3, 0.4) is 0 Å². The Kier molecular flexibility index (Phi) is 6.89. The average Bonchev–Trinajstić information content (AvgIpc) is 1.60. The van der Waals surface area contributed by atoms with Gasteiger partial charge in [-0.25, -0.2) is 0 Å². The second-order valence-electron chi connectivity index (χ2n) is 1.81. The summed E-state index contributed by atoms with van der Waals surface area (Å²) in [5.41, 5.74) is 4.73. The van der Waals surface area contributed by atoms with Gasteiger partial charge in [0.05, 0.1) is 12.2 Å². The third-order valence-corrected chi connectivity index (χ3v) is 4.45. The summed E-state index contributed by atoms with van der Waals surface area (Å²) in [5, 5.41) is 0. The van der Waals surface area contributed by atoms with Crippen LogP contribution < -0.4 is 40.2 Å². The van der Waals surface area contributed by atoms with E-state index in [0.29, 0.717) is 0 Å². The van der Waals surface area contributed by atoms with Gasteiger partial charge in [0.2, 0.25) is 7.37 Å². The van der Waals surface area contributed by atoms with E-state index in [2.05, 4.69) is 0 Å². The first kappa shape index (κ1) is 14.8. The molecule has 0 aliphatic heterocycles. The summed E-state index contributed by atoms with van der Waals surface area (Å²) in [6, 6.07) is 0. The molecule has 0 heterocycles. The first-order valence-corrected chi connectivity index (χ1v) is 6.10. The molecule has 4 N–H and O–H groups in total. The minimum atomic E-state index is -4.65. The van der Waals surface area contributed by atoms with Crippen LogP contribution in [0.5, 0.6) is 0 Å². The van der Waals surface area contributed by atoms with E-state index in [0.717, 1.165) is 0 Å². The predicted octanol–water partition coefficient (Wildman–Crippen LogP) is -4.32. The zero-order chi connectivity index (χ0) is 8.41. The second-order valence-corrected chi connectivity index (χ2v) is 6.27. The van der Waals surface area contributed by atoms with E-state index in [-0.39, 0.29) is 29.6 Å². The number of hydrogen-bond acceptors (Lipinski definition) is 4. The van der Waals surface area contributed by atoms with Gasteiger partial charge in [0.25, 0.3) is 0 Å². The zero-order valence-electron chi connectivity index (χ0n) is 6.01. The smallest absolute Gasteiger partial charge is 0.778 e. The minimum absolute atomic E-state index is 0. The van der Waals surface area contributed by atoms with Crippen LogP contribution in [0, 0.1) is 0 Å². The van der Waals surface area contributed by atoms with Gasteiger partial charge in [-0.15, -0.1) is 0 Å². The van der Waals surface area contributed by atoms with Gasteiger partial charge >= 0.3 is 29.6 Å². The van der Waals surface area contributed by atoms with E-state index >= 15 is 0 Å². The Morgan fingerprint density at radius 1 is 1.36 bits per heavy atom. The van der Waals surface area contributed by atoms with Gasteiger partial charge in [-0.1, -0.05) is 0 Å². The summed E-state index contributed by atoms with van der Waals surface area (Å²) in [7, 11) is -8.49. The minimum Gasteiger partial charge on any atom is -0.778 e. The van der Waals surface area contributed by atoms with E-state index in [1.54, 1.807) is 0 Å². The molecule has 0 fully saturated rings. The van der Waals surface area contributed by atoms with E-state index < -0.39 is 27.2 Å². The zero-order valence-corrected chi connectivity index (χ0v) is 9.79. The quantitative estimate of drug-likeness (QED) is 0.320. The Labute approximate surface area is 86.1 Å². The Hall–Kier alpha value is 1.30. The van der Waals surface area contributed by atoms with Crippen LogP contribution >= 0.6 is 15.0 Å². The van der Waals surface area contributed by atoms with E-state index in [4.69, 9.17) is 15.5 Å². The van der Waals surface area contributed by atoms with Crippen molar-refractivity contribution in [2.75, 3.05) is 12.2 Å². The standard InChI is InChI=1S/C2H9NO5P2.Na/c3-1-9(4,5)2-10(6,7)8;/h1-3H2,(H,4,5)(H2,6,7,8);/q;+1/p-1. The summed E-state index contributed by atoms with van der Waals surface area (Å²) in [6.45, 7) is 0. The van der Waals surface area contributed by atoms with E-state index in [1.807, 2.05) is 0 Å². The molecule has 0 spiro atoms. The van der Waals surface area contributed by atoms with E-state index in [1.165, 1.54) is 0 Å². The van der Waals surface area contributed by atoms with E-state index in [9.17, 15) is 14.0 Å². The summed E-state index contributed by atoms with van der Waals surface area (Å²) in [6.07, 6.45) is -0.639. The second kappa shape index (κ2) is 5.12.